The number of carbonyl (C=O) groups is 15. The van der Waals surface area contributed by atoms with Crippen molar-refractivity contribution in [2.75, 3.05) is 105 Å². The number of aliphatic hydroxyl groups excluding tert-OH is 2. The second-order valence-electron chi connectivity index (χ2n) is 30.1. The number of carbonyl (C=O) groups excluding carboxylic acids is 12. The molecule has 10 atom stereocenters. The van der Waals surface area contributed by atoms with Crippen LogP contribution in [0.15, 0.2) is 85.1 Å². The SMILES string of the molecule is CNC(=N)NCCC[C@H](NC(=O)[C@H](CC(C)C)NC(=O)NNC(=O)[C@H](Cc1ccccc1)NC(=O)[C@@H](NC(=O)[C@H](CC(N)=O)NC(=O)[C@@H]1C[C@@H](O)CN1C(=O)[C@@H](Cc1ccc(O)cc1)NC(=O)CCCCCNC(=O)CN1CCN(CC(=O)O)CCN(CC(=O)O)CCN(CC(=O)O)CC1)[C@@H](C)O)C(=O)N[C@@H](Cc1c[nH]c2ccccc12)C(N)=O. The summed E-state index contributed by atoms with van der Waals surface area (Å²) in [5.74, 6) is -13.8. The number of hydrogen-bond donors (Lipinski definition) is 22. The number of aromatic hydroxyl groups is 1. The van der Waals surface area contributed by atoms with Gasteiger partial charge in [0.1, 0.15) is 54.1 Å². The first-order valence-corrected chi connectivity index (χ1v) is 39.6. The Morgan fingerprint density at radius 3 is 1.66 bits per heavy atom. The maximum absolute atomic E-state index is 14.7. The minimum Gasteiger partial charge on any atom is -0.508 e. The highest BCUT2D eigenvalue weighted by Crippen LogP contribution is 2.24. The van der Waals surface area contributed by atoms with Gasteiger partial charge in [0.2, 0.25) is 59.1 Å². The van der Waals surface area contributed by atoms with Gasteiger partial charge in [0.15, 0.2) is 5.96 Å². The number of β-amino-alcohol motifs (C(OH)–C–C–N with tert-alkyl or cyclic N) is 1. The molecular weight excluding hydrogens is 1570 g/mol. The number of aromatic nitrogens is 1. The first-order valence-electron chi connectivity index (χ1n) is 39.6. The van der Waals surface area contributed by atoms with Crippen molar-refractivity contribution in [3.05, 3.63) is 102 Å². The monoisotopic (exact) mass is 1680 g/mol. The third-order valence-electron chi connectivity index (χ3n) is 19.9. The zero-order chi connectivity index (χ0) is 88.1. The Morgan fingerprint density at radius 1 is 0.542 bits per heavy atom. The molecule has 2 fully saturated rings. The predicted molar refractivity (Wildman–Crippen MR) is 434 cm³/mol. The lowest BCUT2D eigenvalue weighted by atomic mass is 10.0. The van der Waals surface area contributed by atoms with Crippen LogP contribution in [0, 0.1) is 11.3 Å². The van der Waals surface area contributed by atoms with Crippen molar-refractivity contribution >= 4 is 106 Å². The first kappa shape index (κ1) is 96.7. The molecule has 3 heterocycles. The van der Waals surface area contributed by atoms with Gasteiger partial charge >= 0.3 is 23.9 Å². The van der Waals surface area contributed by atoms with Crippen LogP contribution in [0.1, 0.15) is 95.2 Å². The van der Waals surface area contributed by atoms with Gasteiger partial charge in [0.05, 0.1) is 44.8 Å². The van der Waals surface area contributed by atoms with E-state index in [1.54, 1.807) is 76.0 Å². The Morgan fingerprint density at radius 2 is 1.08 bits per heavy atom. The third-order valence-corrected chi connectivity index (χ3v) is 19.9. The molecule has 0 saturated carbocycles. The fourth-order valence-corrected chi connectivity index (χ4v) is 13.6. The molecule has 0 aliphatic carbocycles. The minimum absolute atomic E-state index is 0.00762. The zero-order valence-electron chi connectivity index (χ0n) is 67.7. The van der Waals surface area contributed by atoms with E-state index in [9.17, 15) is 103 Å². The lowest BCUT2D eigenvalue weighted by molar-refractivity contribution is -0.142. The molecule has 13 amide bonds. The number of hydrazine groups is 1. The Balaban J connectivity index is 1.07. The molecule has 0 unspecified atom stereocenters. The number of nitrogens with one attached hydrogen (secondary N) is 14. The molecule has 2 aliphatic rings. The number of nitrogens with zero attached hydrogens (tertiary/aromatic N) is 5. The molecule has 42 nitrogen and oxygen atoms in total. The Hall–Kier alpha value is -12.1. The van der Waals surface area contributed by atoms with E-state index in [1.807, 2.05) is 18.2 Å². The van der Waals surface area contributed by atoms with Crippen molar-refractivity contribution < 1.29 is 103 Å². The lowest BCUT2D eigenvalue weighted by Crippen LogP contribution is -2.62. The van der Waals surface area contributed by atoms with E-state index in [0.29, 0.717) is 29.5 Å². The van der Waals surface area contributed by atoms with Gasteiger partial charge in [0, 0.05) is 128 Å². The largest absolute Gasteiger partial charge is 0.508 e. The average molecular weight is 1680 g/mol. The van der Waals surface area contributed by atoms with Crippen molar-refractivity contribution in [1.29, 1.82) is 5.41 Å². The molecule has 2 saturated heterocycles. The summed E-state index contributed by atoms with van der Waals surface area (Å²) in [6, 6.07) is 7.54. The number of benzene rings is 3. The number of phenols is 1. The summed E-state index contributed by atoms with van der Waals surface area (Å²) >= 11 is 0. The van der Waals surface area contributed by atoms with Crippen LogP contribution in [-0.2, 0) is 86.4 Å². The summed E-state index contributed by atoms with van der Waals surface area (Å²) in [6.07, 6.45) is -2.17. The number of aromatic amines is 1. The van der Waals surface area contributed by atoms with Gasteiger partial charge in [-0.3, -0.25) is 97.6 Å². The summed E-state index contributed by atoms with van der Waals surface area (Å²) < 4.78 is 0. The third kappa shape index (κ3) is 34.1. The maximum Gasteiger partial charge on any atom is 0.334 e. The van der Waals surface area contributed by atoms with Crippen molar-refractivity contribution in [2.45, 2.75) is 158 Å². The van der Waals surface area contributed by atoms with Crippen molar-refractivity contribution in [3.8, 4) is 5.75 Å². The lowest BCUT2D eigenvalue weighted by Gasteiger charge is -2.32. The van der Waals surface area contributed by atoms with Gasteiger partial charge in [-0.2, -0.15) is 0 Å². The first-order chi connectivity index (χ1) is 57.0. The van der Waals surface area contributed by atoms with Crippen LogP contribution in [0.3, 0.4) is 0 Å². The van der Waals surface area contributed by atoms with Gasteiger partial charge in [0.25, 0.3) is 5.91 Å². The molecule has 24 N–H and O–H groups in total. The number of aliphatic hydroxyl groups is 2. The number of carboxylic acid groups (broad SMARTS) is 3. The highest BCUT2D eigenvalue weighted by molar-refractivity contribution is 5.99. The molecule has 3 aromatic carbocycles. The Bertz CT molecular complexity index is 4120. The van der Waals surface area contributed by atoms with Crippen molar-refractivity contribution in [3.63, 3.8) is 0 Å². The van der Waals surface area contributed by atoms with E-state index < -0.39 is 163 Å². The van der Waals surface area contributed by atoms with Gasteiger partial charge < -0.3 is 105 Å². The van der Waals surface area contributed by atoms with E-state index in [0.717, 1.165) is 22.7 Å². The van der Waals surface area contributed by atoms with Crippen molar-refractivity contribution in [1.82, 2.24) is 93.5 Å². The number of urea groups is 1. The van der Waals surface area contributed by atoms with Gasteiger partial charge in [-0.25, -0.2) is 10.2 Å². The van der Waals surface area contributed by atoms with Gasteiger partial charge in [-0.15, -0.1) is 0 Å². The van der Waals surface area contributed by atoms with Crippen LogP contribution >= 0.6 is 0 Å². The summed E-state index contributed by atoms with van der Waals surface area (Å²) in [5, 5.41) is 95.5. The molecule has 6 rings (SSSR count). The van der Waals surface area contributed by atoms with E-state index >= 15 is 0 Å². The molecule has 2 aliphatic heterocycles. The smallest absolute Gasteiger partial charge is 0.334 e. The summed E-state index contributed by atoms with van der Waals surface area (Å²) in [5.41, 5.74) is 18.1. The zero-order valence-corrected chi connectivity index (χ0v) is 67.7. The normalized spacial score (nSPS) is 17.0. The summed E-state index contributed by atoms with van der Waals surface area (Å²) in [6.45, 7) is 5.00. The van der Waals surface area contributed by atoms with Crippen LogP contribution in [0.2, 0.25) is 0 Å². The second kappa shape index (κ2) is 49.3. The second-order valence-corrected chi connectivity index (χ2v) is 30.1. The van der Waals surface area contributed by atoms with Crippen LogP contribution in [0.4, 0.5) is 4.79 Å². The minimum atomic E-state index is -1.96. The fourth-order valence-electron chi connectivity index (χ4n) is 13.6. The number of phenolic OH excluding ortho intramolecular Hbond substituents is 1. The number of aliphatic carboxylic acids is 3. The number of carboxylic acids is 3. The molecule has 4 aromatic rings. The van der Waals surface area contributed by atoms with Crippen LogP contribution in [0.25, 0.3) is 10.9 Å². The number of fused-ring (bicyclic) bond motifs is 1. The van der Waals surface area contributed by atoms with E-state index in [1.165, 1.54) is 31.3 Å². The van der Waals surface area contributed by atoms with Gasteiger partial charge in [-0.1, -0.05) is 80.9 Å². The quantitative estimate of drug-likeness (QED) is 0.00853. The van der Waals surface area contributed by atoms with Gasteiger partial charge in [-0.05, 0) is 79.8 Å². The maximum atomic E-state index is 14.7. The number of primary amides is 2. The highest BCUT2D eigenvalue weighted by atomic mass is 16.4. The number of guanidine groups is 1. The van der Waals surface area contributed by atoms with E-state index in [2.05, 4.69) is 69.0 Å². The number of amides is 13. The number of likely N-dealkylation sites (tertiary alicyclic amines) is 1. The number of nitrogens with two attached hydrogens (primary N) is 2. The molecule has 658 valence electrons. The van der Waals surface area contributed by atoms with Crippen molar-refractivity contribution in [2.24, 2.45) is 17.4 Å². The fraction of sp³-hybridized carbons (Fsp3) is 0.538. The summed E-state index contributed by atoms with van der Waals surface area (Å²) in [4.78, 5) is 213. The molecule has 1 aromatic heterocycles. The molecule has 120 heavy (non-hydrogen) atoms. The molecule has 0 radical (unpaired) electrons. The predicted octanol–water partition coefficient (Wildman–Crippen LogP) is -5.07. The number of unbranched alkanes of at least 4 members (excludes halogenated alkanes) is 2. The number of para-hydroxylation sites is 1. The number of H-pyrrole nitrogens is 1. The molecule has 42 heteroatoms. The Labute approximate surface area is 693 Å². The topological polar surface area (TPSA) is 630 Å². The summed E-state index contributed by atoms with van der Waals surface area (Å²) in [7, 11) is 1.53. The average Bonchev–Trinajstić information content (AvgIpc) is 1.62. The van der Waals surface area contributed by atoms with Crippen LogP contribution < -0.4 is 75.5 Å². The molecule has 0 bridgehead atoms. The standard InChI is InChI=1S/C78H115N21O21/c1-46(2)34-57(71(114)87-55(18-13-25-84-77(81)82-4)70(113)88-56(69(80)112)37-50-40-85-54-17-11-10-16-53(50)54)91-78(120)94-93-73(116)58(35-48-14-7-5-8-15-48)90-75(118)68(47(3)100)92-72(115)59(39-62(79)103)89-74(117)61-38-52(102)41-99(61)76(119)60(36-49-20-22-51(101)23-21-49)86-63(104)19-9-6-12-24-83-64(105)42-95-26-28-96(43-65(106)107)30-32-98(45-67(110)111)33-31-97(29-27-95)44-66(108)109/h5,7-8,10-11,14-17,20-23,40,46-47,52,55-61,68,85,100-102H,6,9,12-13,18-19,24-39,41-45H2,1-4H3,(H2,79,103)(H2,80,112)(H,83,105)(H,86,104)(H,87,114)(H,88,113)(H,89,117)(H,90,118)(H,92,115)(H,93,116)(H,106,107)(H,108,109)(H,110,111)(H3,81,82,84)(H2,91,94,120)/t47-,52-,55+,56+,57+,58+,59+,60-,61+,68+/m1/s1. The molecule has 0 spiro atoms. The Kier molecular flexibility index (Phi) is 39.7. The number of hydrogen-bond acceptors (Lipinski definition) is 23. The van der Waals surface area contributed by atoms with E-state index in [-0.39, 0.29) is 167 Å². The van der Waals surface area contributed by atoms with Crippen LogP contribution in [0.5, 0.6) is 5.75 Å². The van der Waals surface area contributed by atoms with Crippen LogP contribution in [-0.4, -0.2) is 321 Å². The van der Waals surface area contributed by atoms with E-state index in [4.69, 9.17) is 16.9 Å². The molecular formula is C78H115N21O21. The highest BCUT2D eigenvalue weighted by Gasteiger charge is 2.44. The number of rotatable bonds is 44.